The molecule has 6 nitrogen and oxygen atoms in total. The molecular weight excluding hydrogens is 429 g/mol. The van der Waals surface area contributed by atoms with Crippen LogP contribution in [-0.2, 0) is 16.4 Å². The lowest BCUT2D eigenvalue weighted by molar-refractivity contribution is 0.102. The van der Waals surface area contributed by atoms with E-state index in [-0.39, 0.29) is 27.3 Å². The molecule has 0 aliphatic heterocycles. The number of rotatable bonds is 4. The molecule has 0 spiro atoms. The molecule has 4 rings (SSSR count). The minimum absolute atomic E-state index is 0.000951. The van der Waals surface area contributed by atoms with E-state index in [0.717, 1.165) is 15.6 Å². The summed E-state index contributed by atoms with van der Waals surface area (Å²) in [6.45, 7) is 1.85. The molecule has 0 radical (unpaired) electrons. The van der Waals surface area contributed by atoms with E-state index in [0.29, 0.717) is 24.0 Å². The average Bonchev–Trinajstić information content (AvgIpc) is 3.25. The third-order valence-electron chi connectivity index (χ3n) is 5.19. The number of fused-ring (bicyclic) bond motifs is 1. The zero-order valence-electron chi connectivity index (χ0n) is 16.0. The van der Waals surface area contributed by atoms with Crippen molar-refractivity contribution in [3.05, 3.63) is 81.9 Å². The summed E-state index contributed by atoms with van der Waals surface area (Å²) in [5.41, 5.74) is 8.52. The van der Waals surface area contributed by atoms with Crippen LogP contribution in [0.15, 0.2) is 53.6 Å². The van der Waals surface area contributed by atoms with Crippen LogP contribution in [0.5, 0.6) is 0 Å². The second kappa shape index (κ2) is 7.54. The van der Waals surface area contributed by atoms with Gasteiger partial charge in [0.1, 0.15) is 11.5 Å². The first-order chi connectivity index (χ1) is 14.2. The highest BCUT2D eigenvalue weighted by molar-refractivity contribution is 7.90. The molecule has 0 saturated heterocycles. The van der Waals surface area contributed by atoms with Gasteiger partial charge in [0.2, 0.25) is 0 Å². The number of benzene rings is 2. The number of halogens is 2. The Kier molecular flexibility index (Phi) is 5.17. The van der Waals surface area contributed by atoms with Gasteiger partial charge in [-0.3, -0.25) is 4.79 Å². The predicted molar refractivity (Wildman–Crippen MR) is 113 cm³/mol. The molecule has 3 N–H and O–H groups in total. The molecule has 2 aromatic carbocycles. The highest BCUT2D eigenvalue weighted by Gasteiger charge is 2.34. The molecule has 3 aromatic rings. The van der Waals surface area contributed by atoms with Crippen molar-refractivity contribution in [3.8, 4) is 0 Å². The Labute approximate surface area is 178 Å². The van der Waals surface area contributed by atoms with Gasteiger partial charge in [-0.2, -0.15) is 0 Å². The summed E-state index contributed by atoms with van der Waals surface area (Å²) < 4.78 is 41.0. The second-order valence-corrected chi connectivity index (χ2v) is 9.48. The maximum absolute atomic E-state index is 13.4. The Morgan fingerprint density at radius 2 is 1.93 bits per heavy atom. The van der Waals surface area contributed by atoms with Crippen LogP contribution >= 0.6 is 11.6 Å². The Morgan fingerprint density at radius 1 is 1.23 bits per heavy atom. The first-order valence-electron chi connectivity index (χ1n) is 9.27. The molecule has 1 aromatic heterocycles. The Balaban J connectivity index is 1.81. The quantitative estimate of drug-likeness (QED) is 0.631. The number of carbonyl (C=O) groups is 1. The molecule has 9 heteroatoms. The molecule has 1 unspecified atom stereocenters. The fourth-order valence-electron chi connectivity index (χ4n) is 3.59. The summed E-state index contributed by atoms with van der Waals surface area (Å²) in [7, 11) is -4.03. The van der Waals surface area contributed by atoms with Gasteiger partial charge in [0.25, 0.3) is 15.9 Å². The van der Waals surface area contributed by atoms with Crippen molar-refractivity contribution in [1.82, 2.24) is 3.97 Å². The third kappa shape index (κ3) is 3.51. The topological polar surface area (TPSA) is 94.2 Å². The van der Waals surface area contributed by atoms with Crippen molar-refractivity contribution in [2.45, 2.75) is 30.7 Å². The molecule has 1 aliphatic carbocycles. The van der Waals surface area contributed by atoms with E-state index < -0.39 is 21.7 Å². The van der Waals surface area contributed by atoms with Gasteiger partial charge in [-0.1, -0.05) is 29.3 Å². The van der Waals surface area contributed by atoms with Crippen LogP contribution in [0.3, 0.4) is 0 Å². The van der Waals surface area contributed by atoms with E-state index in [2.05, 4.69) is 5.32 Å². The summed E-state index contributed by atoms with van der Waals surface area (Å²) in [5.74, 6) is -1.25. The number of nitrogens with zero attached hydrogens (tertiary/aromatic N) is 1. The number of amides is 1. The standard InChI is InChI=1S/C21H19ClFN3O3S/c1-12-2-5-14(6-3-12)30(28,29)26-11-16-15(7-9-19(16)24)20(26)21(27)25-13-4-8-18(23)17(22)10-13/h2-6,8,10-11,19H,7,9,24H2,1H3,(H,25,27). The number of carbonyl (C=O) groups excluding carboxylic acids is 1. The molecule has 1 aliphatic rings. The smallest absolute Gasteiger partial charge is 0.273 e. The summed E-state index contributed by atoms with van der Waals surface area (Å²) in [5, 5.41) is 2.46. The van der Waals surface area contributed by atoms with Crippen LogP contribution in [0, 0.1) is 12.7 Å². The predicted octanol–water partition coefficient (Wildman–Crippen LogP) is 4.02. The molecule has 1 heterocycles. The van der Waals surface area contributed by atoms with Gasteiger partial charge in [-0.05, 0) is 61.2 Å². The molecule has 0 bridgehead atoms. The number of aromatic nitrogens is 1. The van der Waals surface area contributed by atoms with Crippen molar-refractivity contribution in [2.75, 3.05) is 5.32 Å². The monoisotopic (exact) mass is 447 g/mol. The number of aryl methyl sites for hydroxylation is 1. The van der Waals surface area contributed by atoms with Crippen LogP contribution in [0.1, 0.15) is 39.6 Å². The van der Waals surface area contributed by atoms with Crippen LogP contribution in [-0.4, -0.2) is 18.3 Å². The lowest BCUT2D eigenvalue weighted by Gasteiger charge is -2.13. The molecule has 30 heavy (non-hydrogen) atoms. The van der Waals surface area contributed by atoms with Crippen molar-refractivity contribution in [3.63, 3.8) is 0 Å². The van der Waals surface area contributed by atoms with Crippen molar-refractivity contribution >= 4 is 33.2 Å². The lowest BCUT2D eigenvalue weighted by Crippen LogP contribution is -2.23. The van der Waals surface area contributed by atoms with Crippen LogP contribution in [0.25, 0.3) is 0 Å². The maximum Gasteiger partial charge on any atom is 0.273 e. The Morgan fingerprint density at radius 3 is 2.60 bits per heavy atom. The van der Waals surface area contributed by atoms with E-state index in [1.807, 2.05) is 6.92 Å². The van der Waals surface area contributed by atoms with Crippen LogP contribution < -0.4 is 11.1 Å². The van der Waals surface area contributed by atoms with Gasteiger partial charge < -0.3 is 11.1 Å². The maximum atomic E-state index is 13.4. The lowest BCUT2D eigenvalue weighted by atomic mass is 10.1. The summed E-state index contributed by atoms with van der Waals surface area (Å²) in [6, 6.07) is 9.78. The highest BCUT2D eigenvalue weighted by Crippen LogP contribution is 2.35. The number of nitrogens with one attached hydrogen (secondary N) is 1. The van der Waals surface area contributed by atoms with E-state index in [4.69, 9.17) is 17.3 Å². The Hall–Kier alpha value is -2.68. The highest BCUT2D eigenvalue weighted by atomic mass is 35.5. The number of anilines is 1. The minimum Gasteiger partial charge on any atom is -0.324 e. The van der Waals surface area contributed by atoms with E-state index in [9.17, 15) is 17.6 Å². The average molecular weight is 448 g/mol. The summed E-state index contributed by atoms with van der Waals surface area (Å²) in [6.07, 6.45) is 2.54. The van der Waals surface area contributed by atoms with Gasteiger partial charge in [-0.25, -0.2) is 16.8 Å². The van der Waals surface area contributed by atoms with E-state index in [1.165, 1.54) is 30.5 Å². The van der Waals surface area contributed by atoms with Crippen LogP contribution in [0.4, 0.5) is 10.1 Å². The molecule has 156 valence electrons. The van der Waals surface area contributed by atoms with Gasteiger partial charge in [0.15, 0.2) is 0 Å². The normalized spacial score (nSPS) is 15.8. The third-order valence-corrected chi connectivity index (χ3v) is 7.15. The van der Waals surface area contributed by atoms with E-state index in [1.54, 1.807) is 12.1 Å². The van der Waals surface area contributed by atoms with Gasteiger partial charge in [0, 0.05) is 17.9 Å². The first-order valence-corrected chi connectivity index (χ1v) is 11.1. The SMILES string of the molecule is Cc1ccc(S(=O)(=O)n2cc3c(c2C(=O)Nc2ccc(F)c(Cl)c2)CCC3N)cc1. The second-order valence-electron chi connectivity index (χ2n) is 7.25. The molecular formula is C21H19ClFN3O3S. The molecule has 1 amide bonds. The fraction of sp³-hybridized carbons (Fsp3) is 0.190. The Bertz CT molecular complexity index is 1250. The van der Waals surface area contributed by atoms with Crippen LogP contribution in [0.2, 0.25) is 5.02 Å². The van der Waals surface area contributed by atoms with Crippen molar-refractivity contribution in [1.29, 1.82) is 0 Å². The molecule has 0 fully saturated rings. The van der Waals surface area contributed by atoms with Gasteiger partial charge in [-0.15, -0.1) is 0 Å². The van der Waals surface area contributed by atoms with Crippen molar-refractivity contribution in [2.24, 2.45) is 5.73 Å². The van der Waals surface area contributed by atoms with Gasteiger partial charge >= 0.3 is 0 Å². The largest absolute Gasteiger partial charge is 0.324 e. The van der Waals surface area contributed by atoms with Crippen molar-refractivity contribution < 1.29 is 17.6 Å². The summed E-state index contributed by atoms with van der Waals surface area (Å²) in [4.78, 5) is 13.2. The number of hydrogen-bond donors (Lipinski definition) is 2. The summed E-state index contributed by atoms with van der Waals surface area (Å²) >= 11 is 5.79. The minimum atomic E-state index is -4.03. The van der Waals surface area contributed by atoms with Gasteiger partial charge in [0.05, 0.1) is 9.92 Å². The zero-order chi connectivity index (χ0) is 21.6. The molecule has 1 atom stereocenters. The first kappa shape index (κ1) is 20.6. The molecule has 0 saturated carbocycles. The fourth-order valence-corrected chi connectivity index (χ4v) is 5.16. The van der Waals surface area contributed by atoms with E-state index >= 15 is 0 Å². The number of hydrogen-bond acceptors (Lipinski definition) is 4. The number of nitrogens with two attached hydrogens (primary N) is 1. The zero-order valence-corrected chi connectivity index (χ0v) is 17.6.